The second kappa shape index (κ2) is 8.82. The minimum atomic E-state index is -1.20. The zero-order valence-electron chi connectivity index (χ0n) is 14.3. The molecule has 0 fully saturated rings. The molecule has 0 aliphatic rings. The van der Waals surface area contributed by atoms with Crippen LogP contribution in [0.5, 0.6) is 23.0 Å². The lowest BCUT2D eigenvalue weighted by molar-refractivity contribution is 0.0693. The number of rotatable bonds is 9. The minimum absolute atomic E-state index is 0.130. The van der Waals surface area contributed by atoms with Crippen molar-refractivity contribution in [1.82, 2.24) is 0 Å². The maximum Gasteiger partial charge on any atom is 0.339 e. The highest BCUT2D eigenvalue weighted by atomic mass is 16.5. The molecular formula is C19H22O6. The Labute approximate surface area is 146 Å². The molecule has 0 heterocycles. The quantitative estimate of drug-likeness (QED) is 0.673. The van der Waals surface area contributed by atoms with Gasteiger partial charge in [-0.3, -0.25) is 0 Å². The second-order valence-electron chi connectivity index (χ2n) is 5.67. The fourth-order valence-electron chi connectivity index (χ4n) is 2.10. The Bertz CT molecular complexity index is 694. The molecule has 0 aliphatic carbocycles. The summed E-state index contributed by atoms with van der Waals surface area (Å²) in [5.74, 6) is 0.454. The van der Waals surface area contributed by atoms with Crippen molar-refractivity contribution < 1.29 is 29.2 Å². The lowest BCUT2D eigenvalue weighted by atomic mass is 10.2. The van der Waals surface area contributed by atoms with Crippen LogP contribution in [0, 0.1) is 0 Å². The Kier molecular flexibility index (Phi) is 6.51. The van der Waals surface area contributed by atoms with Crippen molar-refractivity contribution >= 4 is 5.97 Å². The van der Waals surface area contributed by atoms with E-state index in [0.29, 0.717) is 25.4 Å². The first kappa shape index (κ1) is 18.4. The van der Waals surface area contributed by atoms with Crippen molar-refractivity contribution in [3.63, 3.8) is 0 Å². The summed E-state index contributed by atoms with van der Waals surface area (Å²) in [5, 5.41) is 18.4. The standard InChI is InChI=1S/C19H22O6/c1-13(2)25-15-6-4-14(5-7-15)23-10-3-11-24-16-8-9-18(20)17(12-16)19(21)22/h4-9,12-13,20H,3,10-11H2,1-2H3,(H,21,22). The number of phenols is 1. The zero-order valence-corrected chi connectivity index (χ0v) is 14.3. The molecule has 0 saturated heterocycles. The number of hydrogen-bond acceptors (Lipinski definition) is 5. The largest absolute Gasteiger partial charge is 0.507 e. The van der Waals surface area contributed by atoms with Gasteiger partial charge in [0.2, 0.25) is 0 Å². The van der Waals surface area contributed by atoms with Gasteiger partial charge in [0.05, 0.1) is 19.3 Å². The summed E-state index contributed by atoms with van der Waals surface area (Å²) in [6.07, 6.45) is 0.763. The van der Waals surface area contributed by atoms with Crippen LogP contribution in [0.3, 0.4) is 0 Å². The van der Waals surface area contributed by atoms with Gasteiger partial charge in [-0.05, 0) is 56.3 Å². The SMILES string of the molecule is CC(C)Oc1ccc(OCCCOc2ccc(O)c(C(=O)O)c2)cc1. The summed E-state index contributed by atoms with van der Waals surface area (Å²) < 4.78 is 16.7. The van der Waals surface area contributed by atoms with E-state index in [1.54, 1.807) is 0 Å². The Morgan fingerprint density at radius 1 is 0.960 bits per heavy atom. The summed E-state index contributed by atoms with van der Waals surface area (Å²) in [5.41, 5.74) is -0.183. The number of carboxylic acid groups (broad SMARTS) is 1. The van der Waals surface area contributed by atoms with E-state index in [1.807, 2.05) is 38.1 Å². The molecule has 25 heavy (non-hydrogen) atoms. The predicted octanol–water partition coefficient (Wildman–Crippen LogP) is 3.73. The van der Waals surface area contributed by atoms with Crippen molar-refractivity contribution in [2.24, 2.45) is 0 Å². The van der Waals surface area contributed by atoms with Crippen molar-refractivity contribution in [2.75, 3.05) is 13.2 Å². The molecule has 134 valence electrons. The molecule has 2 aromatic rings. The molecule has 0 aromatic heterocycles. The fraction of sp³-hybridized carbons (Fsp3) is 0.316. The number of aromatic hydroxyl groups is 1. The van der Waals surface area contributed by atoms with Crippen LogP contribution in [0.4, 0.5) is 0 Å². The van der Waals surface area contributed by atoms with E-state index < -0.39 is 5.97 Å². The first-order valence-corrected chi connectivity index (χ1v) is 8.04. The molecule has 0 radical (unpaired) electrons. The molecule has 0 unspecified atom stereocenters. The fourth-order valence-corrected chi connectivity index (χ4v) is 2.10. The predicted molar refractivity (Wildman–Crippen MR) is 92.9 cm³/mol. The number of carbonyl (C=O) groups is 1. The molecule has 0 amide bonds. The third kappa shape index (κ3) is 5.91. The lowest BCUT2D eigenvalue weighted by Crippen LogP contribution is -2.06. The number of ether oxygens (including phenoxy) is 3. The topological polar surface area (TPSA) is 85.2 Å². The summed E-state index contributed by atoms with van der Waals surface area (Å²) in [4.78, 5) is 10.9. The molecule has 6 heteroatoms. The van der Waals surface area contributed by atoms with Crippen LogP contribution in [0.1, 0.15) is 30.6 Å². The van der Waals surface area contributed by atoms with Gasteiger partial charge in [-0.2, -0.15) is 0 Å². The van der Waals surface area contributed by atoms with Crippen LogP contribution in [0.15, 0.2) is 42.5 Å². The molecule has 0 bridgehead atoms. The molecule has 2 aromatic carbocycles. The van der Waals surface area contributed by atoms with E-state index in [0.717, 1.165) is 11.5 Å². The maximum absolute atomic E-state index is 10.9. The lowest BCUT2D eigenvalue weighted by Gasteiger charge is -2.11. The highest BCUT2D eigenvalue weighted by Gasteiger charge is 2.10. The Morgan fingerprint density at radius 3 is 2.12 bits per heavy atom. The van der Waals surface area contributed by atoms with Gasteiger partial charge in [0.25, 0.3) is 0 Å². The summed E-state index contributed by atoms with van der Waals surface area (Å²) >= 11 is 0. The average Bonchev–Trinajstić information content (AvgIpc) is 2.56. The molecule has 6 nitrogen and oxygen atoms in total. The second-order valence-corrected chi connectivity index (χ2v) is 5.67. The monoisotopic (exact) mass is 346 g/mol. The zero-order chi connectivity index (χ0) is 18.2. The van der Waals surface area contributed by atoms with Gasteiger partial charge < -0.3 is 24.4 Å². The van der Waals surface area contributed by atoms with Crippen molar-refractivity contribution in [2.45, 2.75) is 26.4 Å². The summed E-state index contributed by atoms with van der Waals surface area (Å²) in [7, 11) is 0. The van der Waals surface area contributed by atoms with Gasteiger partial charge in [-0.1, -0.05) is 0 Å². The normalized spacial score (nSPS) is 10.5. The van der Waals surface area contributed by atoms with Crippen molar-refractivity contribution in [1.29, 1.82) is 0 Å². The molecule has 2 N–H and O–H groups in total. The average molecular weight is 346 g/mol. The highest BCUT2D eigenvalue weighted by Crippen LogP contribution is 2.23. The number of carboxylic acids is 1. The highest BCUT2D eigenvalue weighted by molar-refractivity contribution is 5.91. The third-order valence-corrected chi connectivity index (χ3v) is 3.22. The summed E-state index contributed by atoms with van der Waals surface area (Å²) in [6, 6.07) is 11.5. The van der Waals surface area contributed by atoms with Crippen molar-refractivity contribution in [3.8, 4) is 23.0 Å². The summed E-state index contributed by atoms with van der Waals surface area (Å²) in [6.45, 7) is 4.78. The molecular weight excluding hydrogens is 324 g/mol. The van der Waals surface area contributed by atoms with E-state index in [1.165, 1.54) is 18.2 Å². The van der Waals surface area contributed by atoms with Crippen LogP contribution in [-0.4, -0.2) is 35.5 Å². The number of hydrogen-bond donors (Lipinski definition) is 2. The van der Waals surface area contributed by atoms with Gasteiger partial charge in [-0.15, -0.1) is 0 Å². The van der Waals surface area contributed by atoms with E-state index in [9.17, 15) is 9.90 Å². The van der Waals surface area contributed by atoms with Crippen LogP contribution in [0.25, 0.3) is 0 Å². The number of aromatic carboxylic acids is 1. The van der Waals surface area contributed by atoms with E-state index in [4.69, 9.17) is 19.3 Å². The van der Waals surface area contributed by atoms with Gasteiger partial charge in [-0.25, -0.2) is 4.79 Å². The van der Waals surface area contributed by atoms with E-state index in [-0.39, 0.29) is 17.4 Å². The van der Waals surface area contributed by atoms with Crippen LogP contribution in [0.2, 0.25) is 0 Å². The Balaban J connectivity index is 1.73. The van der Waals surface area contributed by atoms with E-state index >= 15 is 0 Å². The van der Waals surface area contributed by atoms with Gasteiger partial charge >= 0.3 is 5.97 Å². The van der Waals surface area contributed by atoms with Crippen molar-refractivity contribution in [3.05, 3.63) is 48.0 Å². The van der Waals surface area contributed by atoms with Crippen LogP contribution < -0.4 is 14.2 Å². The number of benzene rings is 2. The first-order chi connectivity index (χ1) is 12.0. The Morgan fingerprint density at radius 2 is 1.52 bits per heavy atom. The molecule has 2 rings (SSSR count). The molecule has 0 atom stereocenters. The van der Waals surface area contributed by atoms with Crippen LogP contribution in [-0.2, 0) is 0 Å². The smallest absolute Gasteiger partial charge is 0.339 e. The molecule has 0 saturated carbocycles. The minimum Gasteiger partial charge on any atom is -0.507 e. The molecule has 0 spiro atoms. The third-order valence-electron chi connectivity index (χ3n) is 3.22. The molecule has 0 aliphatic heterocycles. The first-order valence-electron chi connectivity index (χ1n) is 8.04. The van der Waals surface area contributed by atoms with Gasteiger partial charge in [0, 0.05) is 6.42 Å². The maximum atomic E-state index is 10.9. The van der Waals surface area contributed by atoms with Gasteiger partial charge in [0.15, 0.2) is 0 Å². The van der Waals surface area contributed by atoms with E-state index in [2.05, 4.69) is 0 Å². The Hall–Kier alpha value is -2.89. The van der Waals surface area contributed by atoms with Crippen LogP contribution >= 0.6 is 0 Å². The van der Waals surface area contributed by atoms with Gasteiger partial charge in [0.1, 0.15) is 28.6 Å².